The van der Waals surface area contributed by atoms with E-state index in [0.717, 1.165) is 6.08 Å². The number of hydrogen-bond donors (Lipinski definition) is 2. The summed E-state index contributed by atoms with van der Waals surface area (Å²) in [5.41, 5.74) is -1.21. The van der Waals surface area contributed by atoms with Gasteiger partial charge in [-0.25, -0.2) is 0 Å². The first-order chi connectivity index (χ1) is 9.47. The number of carbonyl (C=O) groups is 3. The van der Waals surface area contributed by atoms with Crippen LogP contribution >= 0.6 is 0 Å². The highest BCUT2D eigenvalue weighted by Crippen LogP contribution is 2.31. The standard InChI is InChI=1S/C15H12O5/c16-12(10-4-2-1-3-5-10)11-6-8-15(9-7-11,13(17)18)14(19)20/h1-8H,9H2,(H,17,18)(H,19,20). The molecule has 0 amide bonds. The van der Waals surface area contributed by atoms with Crippen molar-refractivity contribution in [3.05, 3.63) is 59.7 Å². The fourth-order valence-corrected chi connectivity index (χ4v) is 1.97. The van der Waals surface area contributed by atoms with Crippen molar-refractivity contribution < 1.29 is 24.6 Å². The number of carboxylic acids is 2. The van der Waals surface area contributed by atoms with Gasteiger partial charge < -0.3 is 10.2 Å². The maximum absolute atomic E-state index is 12.1. The third-order valence-electron chi connectivity index (χ3n) is 3.25. The average Bonchev–Trinajstić information content (AvgIpc) is 2.47. The minimum atomic E-state index is -1.99. The Bertz CT molecular complexity index is 611. The predicted octanol–water partition coefficient (Wildman–Crippen LogP) is 1.91. The van der Waals surface area contributed by atoms with E-state index in [0.29, 0.717) is 11.1 Å². The number of benzene rings is 1. The fraction of sp³-hybridized carbons (Fsp3) is 0.133. The second kappa shape index (κ2) is 5.13. The predicted molar refractivity (Wildman–Crippen MR) is 70.3 cm³/mol. The topological polar surface area (TPSA) is 91.7 Å². The van der Waals surface area contributed by atoms with Crippen LogP contribution in [0.4, 0.5) is 0 Å². The second-order valence-electron chi connectivity index (χ2n) is 4.47. The molecule has 1 aliphatic carbocycles. The first-order valence-corrected chi connectivity index (χ1v) is 5.93. The normalized spacial score (nSPS) is 16.3. The molecule has 102 valence electrons. The molecule has 0 saturated heterocycles. The molecular formula is C15H12O5. The summed E-state index contributed by atoms with van der Waals surface area (Å²) in [7, 11) is 0. The Hall–Kier alpha value is -2.69. The number of aliphatic carboxylic acids is 2. The molecule has 0 heterocycles. The van der Waals surface area contributed by atoms with Crippen molar-refractivity contribution in [2.24, 2.45) is 5.41 Å². The molecule has 1 aromatic rings. The van der Waals surface area contributed by atoms with Gasteiger partial charge in [0.05, 0.1) is 0 Å². The maximum Gasteiger partial charge on any atom is 0.325 e. The van der Waals surface area contributed by atoms with Crippen LogP contribution in [0.1, 0.15) is 16.8 Å². The van der Waals surface area contributed by atoms with Gasteiger partial charge in [0.1, 0.15) is 0 Å². The molecule has 0 aliphatic heterocycles. The zero-order valence-corrected chi connectivity index (χ0v) is 10.4. The van der Waals surface area contributed by atoms with Crippen LogP contribution in [0.25, 0.3) is 0 Å². The van der Waals surface area contributed by atoms with Crippen molar-refractivity contribution >= 4 is 17.7 Å². The van der Waals surface area contributed by atoms with Gasteiger partial charge in [-0.15, -0.1) is 0 Å². The lowest BCUT2D eigenvalue weighted by Gasteiger charge is -2.22. The van der Waals surface area contributed by atoms with Gasteiger partial charge in [0.25, 0.3) is 0 Å². The van der Waals surface area contributed by atoms with Gasteiger partial charge >= 0.3 is 11.9 Å². The Balaban J connectivity index is 2.27. The van der Waals surface area contributed by atoms with E-state index in [1.807, 2.05) is 0 Å². The number of allylic oxidation sites excluding steroid dienone is 3. The number of carbonyl (C=O) groups excluding carboxylic acids is 1. The lowest BCUT2D eigenvalue weighted by molar-refractivity contribution is -0.160. The Morgan fingerprint density at radius 2 is 1.60 bits per heavy atom. The molecule has 0 bridgehead atoms. The molecule has 20 heavy (non-hydrogen) atoms. The molecule has 1 aromatic carbocycles. The van der Waals surface area contributed by atoms with Crippen molar-refractivity contribution in [1.29, 1.82) is 0 Å². The molecule has 5 heteroatoms. The molecule has 0 unspecified atom stereocenters. The molecule has 0 atom stereocenters. The van der Waals surface area contributed by atoms with Crippen LogP contribution < -0.4 is 0 Å². The number of hydrogen-bond acceptors (Lipinski definition) is 3. The van der Waals surface area contributed by atoms with Crippen LogP contribution in [-0.4, -0.2) is 27.9 Å². The third kappa shape index (κ3) is 2.25. The average molecular weight is 272 g/mol. The van der Waals surface area contributed by atoms with Gasteiger partial charge in [0.15, 0.2) is 11.2 Å². The molecule has 0 radical (unpaired) electrons. The van der Waals surface area contributed by atoms with E-state index in [2.05, 4.69) is 0 Å². The Kier molecular flexibility index (Phi) is 3.52. The summed E-state index contributed by atoms with van der Waals surface area (Å²) in [5.74, 6) is -3.14. The summed E-state index contributed by atoms with van der Waals surface area (Å²) in [6.07, 6.45) is 3.44. The van der Waals surface area contributed by atoms with Gasteiger partial charge in [-0.2, -0.15) is 0 Å². The minimum absolute atomic E-state index is 0.248. The first kappa shape index (κ1) is 13.7. The van der Waals surface area contributed by atoms with E-state index in [1.165, 1.54) is 12.2 Å². The van der Waals surface area contributed by atoms with Gasteiger partial charge in [-0.3, -0.25) is 14.4 Å². The molecule has 0 fully saturated rings. The zero-order valence-electron chi connectivity index (χ0n) is 10.4. The van der Waals surface area contributed by atoms with E-state index in [-0.39, 0.29) is 12.2 Å². The summed E-state index contributed by atoms with van der Waals surface area (Å²) in [4.78, 5) is 34.4. The minimum Gasteiger partial charge on any atom is -0.480 e. The van der Waals surface area contributed by atoms with E-state index in [1.54, 1.807) is 30.3 Å². The second-order valence-corrected chi connectivity index (χ2v) is 4.47. The molecule has 0 aromatic heterocycles. The quantitative estimate of drug-likeness (QED) is 0.645. The first-order valence-electron chi connectivity index (χ1n) is 5.93. The van der Waals surface area contributed by atoms with Crippen molar-refractivity contribution in [3.63, 3.8) is 0 Å². The number of ketones is 1. The lowest BCUT2D eigenvalue weighted by Crippen LogP contribution is -2.38. The summed E-state index contributed by atoms with van der Waals surface area (Å²) >= 11 is 0. The Morgan fingerprint density at radius 3 is 2.05 bits per heavy atom. The summed E-state index contributed by atoms with van der Waals surface area (Å²) < 4.78 is 0. The van der Waals surface area contributed by atoms with Gasteiger partial charge in [-0.1, -0.05) is 48.6 Å². The van der Waals surface area contributed by atoms with E-state index in [9.17, 15) is 14.4 Å². The smallest absolute Gasteiger partial charge is 0.325 e. The van der Waals surface area contributed by atoms with Crippen LogP contribution in [0.3, 0.4) is 0 Å². The van der Waals surface area contributed by atoms with Crippen molar-refractivity contribution in [1.82, 2.24) is 0 Å². The summed E-state index contributed by atoms with van der Waals surface area (Å²) in [6, 6.07) is 8.51. The molecule has 2 N–H and O–H groups in total. The zero-order chi connectivity index (χ0) is 14.8. The number of rotatable bonds is 4. The van der Waals surface area contributed by atoms with Gasteiger partial charge in [-0.05, 0) is 6.42 Å². The Morgan fingerprint density at radius 1 is 1.00 bits per heavy atom. The molecule has 1 aliphatic rings. The van der Waals surface area contributed by atoms with Gasteiger partial charge in [0, 0.05) is 11.1 Å². The molecule has 5 nitrogen and oxygen atoms in total. The highest BCUT2D eigenvalue weighted by Gasteiger charge is 2.44. The summed E-state index contributed by atoms with van der Waals surface area (Å²) in [6.45, 7) is 0. The van der Waals surface area contributed by atoms with Crippen LogP contribution in [0, 0.1) is 5.41 Å². The van der Waals surface area contributed by atoms with Crippen LogP contribution in [0.15, 0.2) is 54.1 Å². The monoisotopic (exact) mass is 272 g/mol. The Labute approximate surface area is 114 Å². The van der Waals surface area contributed by atoms with E-state index >= 15 is 0 Å². The maximum atomic E-state index is 12.1. The number of carboxylic acid groups (broad SMARTS) is 2. The highest BCUT2D eigenvalue weighted by atomic mass is 16.4. The van der Waals surface area contributed by atoms with Crippen molar-refractivity contribution in [2.75, 3.05) is 0 Å². The van der Waals surface area contributed by atoms with E-state index in [4.69, 9.17) is 10.2 Å². The molecule has 0 saturated carbocycles. The SMILES string of the molecule is O=C(C1=CCC(C(=O)O)(C(=O)O)C=C1)c1ccccc1. The number of Topliss-reactive ketones (excluding diaryl/α,β-unsaturated/α-hetero) is 1. The van der Waals surface area contributed by atoms with Gasteiger partial charge in [0.2, 0.25) is 0 Å². The van der Waals surface area contributed by atoms with Crippen LogP contribution in [-0.2, 0) is 9.59 Å². The fourth-order valence-electron chi connectivity index (χ4n) is 1.97. The largest absolute Gasteiger partial charge is 0.480 e. The molecule has 0 spiro atoms. The lowest BCUT2D eigenvalue weighted by atomic mass is 9.79. The van der Waals surface area contributed by atoms with Crippen molar-refractivity contribution in [2.45, 2.75) is 6.42 Å². The highest BCUT2D eigenvalue weighted by molar-refractivity contribution is 6.11. The summed E-state index contributed by atoms with van der Waals surface area (Å²) in [5, 5.41) is 18.1. The van der Waals surface area contributed by atoms with Crippen molar-refractivity contribution in [3.8, 4) is 0 Å². The molecule has 2 rings (SSSR count). The van der Waals surface area contributed by atoms with E-state index < -0.39 is 17.4 Å². The van der Waals surface area contributed by atoms with Crippen LogP contribution in [0.5, 0.6) is 0 Å². The molecular weight excluding hydrogens is 260 g/mol. The van der Waals surface area contributed by atoms with Crippen LogP contribution in [0.2, 0.25) is 0 Å². The third-order valence-corrected chi connectivity index (χ3v) is 3.25.